The van der Waals surface area contributed by atoms with Gasteiger partial charge in [0, 0.05) is 23.6 Å². The molecule has 8 aliphatic rings. The third-order valence-corrected chi connectivity index (χ3v) is 21.7. The normalized spacial score (nSPS) is 34.2. The fraction of sp³-hybridized carbons (Fsp3) is 0.694. The van der Waals surface area contributed by atoms with Gasteiger partial charge in [0.05, 0.1) is 36.8 Å². The summed E-state index contributed by atoms with van der Waals surface area (Å²) >= 11 is 1.96. The van der Waals surface area contributed by atoms with E-state index in [1.54, 1.807) is 12.5 Å². The van der Waals surface area contributed by atoms with Crippen LogP contribution in [0.3, 0.4) is 0 Å². The molecule has 14 atom stereocenters. The number of amides is 1. The molecular formula is C72H122IN5O10. The van der Waals surface area contributed by atoms with Gasteiger partial charge < -0.3 is 45.4 Å². The van der Waals surface area contributed by atoms with Crippen LogP contribution >= 0.6 is 22.6 Å². The highest BCUT2D eigenvalue weighted by Gasteiger charge is 2.67. The summed E-state index contributed by atoms with van der Waals surface area (Å²) in [5.41, 5.74) is 13.4. The predicted molar refractivity (Wildman–Crippen MR) is 374 cm³/mol. The number of anilines is 2. The molecule has 9 N–H and O–H groups in total. The first-order valence-corrected chi connectivity index (χ1v) is 31.9. The lowest BCUT2D eigenvalue weighted by atomic mass is 9.44. The molecule has 502 valence electrons. The van der Waals surface area contributed by atoms with Crippen molar-refractivity contribution >= 4 is 57.3 Å². The van der Waals surface area contributed by atoms with E-state index in [4.69, 9.17) is 31.7 Å². The van der Waals surface area contributed by atoms with Crippen LogP contribution in [-0.2, 0) is 24.0 Å². The summed E-state index contributed by atoms with van der Waals surface area (Å²) in [5.74, 6) is 8.83. The molecule has 6 saturated carbocycles. The van der Waals surface area contributed by atoms with Gasteiger partial charge in [0.1, 0.15) is 18.8 Å². The van der Waals surface area contributed by atoms with Crippen LogP contribution in [0.25, 0.3) is 0 Å². The monoisotopic (exact) mass is 1340 g/mol. The van der Waals surface area contributed by atoms with Crippen molar-refractivity contribution in [1.82, 2.24) is 0 Å². The smallest absolute Gasteiger partial charge is 0.411 e. The highest BCUT2D eigenvalue weighted by molar-refractivity contribution is 14.1. The molecule has 0 bridgehead atoms. The molecule has 0 saturated heterocycles. The van der Waals surface area contributed by atoms with E-state index in [-0.39, 0.29) is 104 Å². The molecular weight excluding hydrogens is 1220 g/mol. The van der Waals surface area contributed by atoms with E-state index < -0.39 is 17.3 Å². The Balaban J connectivity index is 0.000000696. The van der Waals surface area contributed by atoms with E-state index in [0.29, 0.717) is 64.4 Å². The van der Waals surface area contributed by atoms with Crippen molar-refractivity contribution in [1.29, 1.82) is 0 Å². The maximum atomic E-state index is 12.5. The maximum absolute atomic E-state index is 12.5. The van der Waals surface area contributed by atoms with E-state index in [1.165, 1.54) is 24.0 Å². The molecule has 0 unspecified atom stereocenters. The quantitative estimate of drug-likeness (QED) is 0.0262. The summed E-state index contributed by atoms with van der Waals surface area (Å²) < 4.78 is 11.4. The number of halogens is 1. The van der Waals surface area contributed by atoms with Crippen molar-refractivity contribution in [3.63, 3.8) is 0 Å². The van der Waals surface area contributed by atoms with Crippen molar-refractivity contribution < 1.29 is 50.6 Å². The van der Waals surface area contributed by atoms with Gasteiger partial charge in [-0.2, -0.15) is 0 Å². The number of fused-ring (bicyclic) bond motifs is 10. The zero-order valence-corrected chi connectivity index (χ0v) is 53.8. The fourth-order valence-electron chi connectivity index (χ4n) is 17.3. The molecule has 0 radical (unpaired) electrons. The van der Waals surface area contributed by atoms with Crippen molar-refractivity contribution in [2.24, 2.45) is 85.2 Å². The average Bonchev–Trinajstić information content (AvgIpc) is 1.68. The Bertz CT molecular complexity index is 2650. The summed E-state index contributed by atoms with van der Waals surface area (Å²) in [4.78, 5) is 39.7. The summed E-state index contributed by atoms with van der Waals surface area (Å²) in [6, 6.07) is 15.3. The van der Waals surface area contributed by atoms with E-state index in [1.807, 2.05) is 91.9 Å². The van der Waals surface area contributed by atoms with Crippen molar-refractivity contribution in [3.05, 3.63) is 95.1 Å². The molecule has 10 rings (SSSR count). The Morgan fingerprint density at radius 3 is 1.47 bits per heavy atom. The molecule has 0 aliphatic heterocycles. The second-order valence-corrected chi connectivity index (χ2v) is 26.3. The van der Waals surface area contributed by atoms with E-state index >= 15 is 0 Å². The molecule has 16 heteroatoms. The van der Waals surface area contributed by atoms with Crippen LogP contribution in [-0.4, -0.2) is 99.5 Å². The largest absolute Gasteiger partial charge is 0.446 e. The third-order valence-electron chi connectivity index (χ3n) is 21.7. The molecule has 2 aromatic rings. The first kappa shape index (κ1) is 79.9. The molecule has 15 nitrogen and oxygen atoms in total. The van der Waals surface area contributed by atoms with Crippen LogP contribution < -0.4 is 16.9 Å². The number of aliphatic hydroxyl groups is 4. The SMILES string of the molecule is C.C.C.C.C.C=C(C)[C@@]1(O)CC[C@H]2[C@@H]3C[C@H](C)C4=C/C(=N/OCCO)CC[C@]4(C)[C@H]3CC[C@@]21C.CC(=O)[C@@]1(O)CC[C@H]2[C@@H]3C[C@H](C)C4=C/C(=N/OCCOC(=O)Nc5ccc(C)cc5)CC[C@]4(C)[C@H]3CC[C@@]21C.Cc1ccc(N)cc1.NOCCO.[2H]CI. The Morgan fingerprint density at radius 1 is 0.659 bits per heavy atom. The van der Waals surface area contributed by atoms with Crippen LogP contribution in [0.4, 0.5) is 16.2 Å². The van der Waals surface area contributed by atoms with Crippen LogP contribution in [0.15, 0.2) is 94.3 Å². The third kappa shape index (κ3) is 17.1. The number of allylic oxidation sites excluding steroid dienone is 4. The van der Waals surface area contributed by atoms with Gasteiger partial charge in [0.15, 0.2) is 12.4 Å². The lowest BCUT2D eigenvalue weighted by Crippen LogP contribution is -2.57. The molecule has 2 aromatic carbocycles. The fourth-order valence-corrected chi connectivity index (χ4v) is 17.3. The number of hydrogen-bond donors (Lipinski definition) is 7. The first-order chi connectivity index (χ1) is 39.8. The number of carbonyl (C=O) groups excluding carboxylic acids is 2. The minimum Gasteiger partial charge on any atom is -0.446 e. The highest BCUT2D eigenvalue weighted by atomic mass is 127. The Morgan fingerprint density at radius 2 is 1.07 bits per heavy atom. The standard InChI is InChI=1S/C32H44N2O5.C25H39NO3.C7H9N.C2H7NO2.CH3I.5CH4/c1-20-6-8-23(9-7-20)33-29(36)38-16-17-39-34-24-10-13-30(4)26-11-14-31(5)27(12-15-32(31,37)22(3)35)25(26)18-21(2)28(30)19-24;1-16(2)25(28)11-8-21-19-14-17(3)22-15-18(26-29-13-12-27)6-9-23(22,4)20(19)7-10-24(21,25)5;1-6-2-4-7(8)5-3-6;3-5-2-1-4;1-2;;;;;/h6-9,19,21,25-27,37H,10-18H2,1-5H3,(H,33,36);15,17,19-21,27-28H,1,6-14H2,2-5H3;2-5H,8H2,1H3;4H,1-3H2;1H3;5*1H4/b34-24+;26-18+;;;;;;;;/t21-,25+,26-,27-,30+,31-,32-;17-,19+,20-,21-,23+,24-,25-;;;;;;;;/m00......../s1/i;;;;1D;;;;;. The zero-order valence-electron chi connectivity index (χ0n) is 52.6. The maximum Gasteiger partial charge on any atom is 0.411 e. The van der Waals surface area contributed by atoms with Crippen LogP contribution in [0.5, 0.6) is 0 Å². The van der Waals surface area contributed by atoms with Crippen molar-refractivity contribution in [2.45, 2.75) is 207 Å². The number of carbonyl (C=O) groups is 2. The number of nitrogens with zero attached hydrogens (tertiary/aromatic N) is 2. The van der Waals surface area contributed by atoms with Gasteiger partial charge in [-0.15, -0.1) is 0 Å². The van der Waals surface area contributed by atoms with Gasteiger partial charge in [0.2, 0.25) is 0 Å². The Labute approximate surface area is 548 Å². The van der Waals surface area contributed by atoms with Crippen molar-refractivity contribution in [3.8, 4) is 0 Å². The zero-order chi connectivity index (χ0) is 61.8. The lowest BCUT2D eigenvalue weighted by molar-refractivity contribution is -0.160. The molecule has 0 heterocycles. The molecule has 0 spiro atoms. The minimum absolute atomic E-state index is 0. The minimum atomic E-state index is -1.17. The number of ether oxygens (including phenoxy) is 1. The number of rotatable bonds is 12. The number of nitrogen functional groups attached to an aromatic ring is 1. The number of aryl methyl sites for hydroxylation is 2. The van der Waals surface area contributed by atoms with Crippen LogP contribution in [0.1, 0.15) is 195 Å². The predicted octanol–water partition coefficient (Wildman–Crippen LogP) is 16.0. The lowest BCUT2D eigenvalue weighted by Gasteiger charge is -2.60. The van der Waals surface area contributed by atoms with Gasteiger partial charge in [-0.05, 0) is 223 Å². The topological polar surface area (TPSA) is 241 Å². The number of nitrogens with two attached hydrogens (primary N) is 2. The van der Waals surface area contributed by atoms with Gasteiger partial charge in [-0.25, -0.2) is 10.7 Å². The first-order valence-electron chi connectivity index (χ1n) is 31.1. The number of hydrogen-bond acceptors (Lipinski definition) is 14. The van der Waals surface area contributed by atoms with E-state index in [9.17, 15) is 19.8 Å². The van der Waals surface area contributed by atoms with E-state index in [0.717, 1.165) is 98.9 Å². The molecule has 88 heavy (non-hydrogen) atoms. The van der Waals surface area contributed by atoms with Crippen LogP contribution in [0.2, 0.25) is 0 Å². The number of aliphatic hydroxyl groups excluding tert-OH is 2. The summed E-state index contributed by atoms with van der Waals surface area (Å²) in [5, 5.41) is 51.1. The number of ketones is 1. The number of oxime groups is 2. The molecule has 8 aliphatic carbocycles. The van der Waals surface area contributed by atoms with Gasteiger partial charge in [-0.1, -0.05) is 165 Å². The second kappa shape index (κ2) is 35.0. The number of Topliss-reactive ketones (excluding diaryl/α,β-unsaturated/α-hetero) is 1. The van der Waals surface area contributed by atoms with E-state index in [2.05, 4.69) is 86.6 Å². The van der Waals surface area contributed by atoms with Crippen LogP contribution in [0, 0.1) is 82.9 Å². The highest BCUT2D eigenvalue weighted by Crippen LogP contribution is 2.70. The van der Waals surface area contributed by atoms with Gasteiger partial charge in [0.25, 0.3) is 0 Å². The summed E-state index contributed by atoms with van der Waals surface area (Å²) in [6.07, 6.45) is 18.1. The number of benzene rings is 2. The summed E-state index contributed by atoms with van der Waals surface area (Å²) in [7, 11) is 0. The molecule has 1 amide bonds. The number of alkyl halides is 1. The average molecular weight is 1350 g/mol. The van der Waals surface area contributed by atoms with Gasteiger partial charge in [-0.3, -0.25) is 10.1 Å². The molecule has 6 fully saturated rings. The Kier molecular flexibility index (Phi) is 31.8. The summed E-state index contributed by atoms with van der Waals surface area (Å²) in [6.45, 7) is 26.8. The second-order valence-electron chi connectivity index (χ2n) is 26.3. The van der Waals surface area contributed by atoms with Crippen molar-refractivity contribution in [2.75, 3.05) is 55.6 Å². The van der Waals surface area contributed by atoms with Gasteiger partial charge >= 0.3 is 6.09 Å². The number of nitrogens with one attached hydrogen (secondary N) is 1. The Hall–Kier alpha value is -4.17. The molecule has 0 aromatic heterocycles.